The molecular weight excluding hydrogens is 284 g/mol. The van der Waals surface area contributed by atoms with Crippen molar-refractivity contribution in [3.63, 3.8) is 0 Å². The zero-order chi connectivity index (χ0) is 15.9. The van der Waals surface area contributed by atoms with Crippen molar-refractivity contribution in [2.24, 2.45) is 0 Å². The van der Waals surface area contributed by atoms with Gasteiger partial charge in [-0.05, 0) is 0 Å². The Kier molecular flexibility index (Phi) is 5.65. The molecule has 1 aliphatic rings. The van der Waals surface area contributed by atoms with Crippen LogP contribution in [0.15, 0.2) is 24.3 Å². The average molecular weight is 298 g/mol. The second-order valence-corrected chi connectivity index (χ2v) is 3.91. The smallest absolute Gasteiger partial charge is 0.334 e. The molecule has 8 nitrogen and oxygen atoms in total. The van der Waals surface area contributed by atoms with Crippen LogP contribution < -0.4 is 0 Å². The third kappa shape index (κ3) is 5.89. The highest BCUT2D eigenvalue weighted by molar-refractivity contribution is 5.87. The number of hydrogen-bond acceptors (Lipinski definition) is 8. The molecule has 0 amide bonds. The van der Waals surface area contributed by atoms with Gasteiger partial charge in [-0.3, -0.25) is 9.59 Å². The molecule has 0 saturated heterocycles. The SMILES string of the molecule is CC(=O)OCCOC(=O)/C=C\C1(OC(C)=O)C=CC(=O)O1. The van der Waals surface area contributed by atoms with Gasteiger partial charge in [0, 0.05) is 38.2 Å². The summed E-state index contributed by atoms with van der Waals surface area (Å²) < 4.78 is 18.9. The standard InChI is InChI=1S/C13H14O8/c1-9(14)18-7-8-19-11(16)3-5-13(20-10(2)15)6-4-12(17)21-13/h3-6H,7-8H2,1-2H3/b5-3-. The summed E-state index contributed by atoms with van der Waals surface area (Å²) in [6.45, 7) is 2.16. The number of hydrogen-bond donors (Lipinski definition) is 0. The van der Waals surface area contributed by atoms with Crippen molar-refractivity contribution >= 4 is 23.9 Å². The number of cyclic esters (lactones) is 1. The monoisotopic (exact) mass is 298 g/mol. The van der Waals surface area contributed by atoms with Crippen molar-refractivity contribution in [2.45, 2.75) is 19.6 Å². The third-order valence-corrected chi connectivity index (χ3v) is 2.10. The van der Waals surface area contributed by atoms with Crippen LogP contribution in [0.25, 0.3) is 0 Å². The lowest BCUT2D eigenvalue weighted by Gasteiger charge is -2.21. The number of rotatable bonds is 6. The summed E-state index contributed by atoms with van der Waals surface area (Å²) in [4.78, 5) is 43.9. The number of carbonyl (C=O) groups excluding carboxylic acids is 4. The molecule has 0 N–H and O–H groups in total. The van der Waals surface area contributed by atoms with Crippen molar-refractivity contribution < 1.29 is 38.1 Å². The third-order valence-electron chi connectivity index (χ3n) is 2.10. The molecule has 1 heterocycles. The molecule has 0 aliphatic carbocycles. The molecule has 1 unspecified atom stereocenters. The predicted molar refractivity (Wildman–Crippen MR) is 66.5 cm³/mol. The highest BCUT2D eigenvalue weighted by Crippen LogP contribution is 2.23. The van der Waals surface area contributed by atoms with E-state index in [1.54, 1.807) is 0 Å². The van der Waals surface area contributed by atoms with Gasteiger partial charge in [0.2, 0.25) is 0 Å². The van der Waals surface area contributed by atoms with Crippen molar-refractivity contribution in [3.05, 3.63) is 24.3 Å². The molecular formula is C13H14O8. The van der Waals surface area contributed by atoms with Gasteiger partial charge in [-0.15, -0.1) is 0 Å². The fourth-order valence-corrected chi connectivity index (χ4v) is 1.37. The van der Waals surface area contributed by atoms with E-state index in [0.29, 0.717) is 0 Å². The second-order valence-electron chi connectivity index (χ2n) is 3.91. The van der Waals surface area contributed by atoms with Crippen LogP contribution in [-0.2, 0) is 38.1 Å². The van der Waals surface area contributed by atoms with Crippen LogP contribution in [0.3, 0.4) is 0 Å². The van der Waals surface area contributed by atoms with E-state index < -0.39 is 29.7 Å². The molecule has 1 atom stereocenters. The summed E-state index contributed by atoms with van der Waals surface area (Å²) in [5.41, 5.74) is 0. The number of ether oxygens (including phenoxy) is 4. The first-order valence-corrected chi connectivity index (χ1v) is 5.94. The van der Waals surface area contributed by atoms with E-state index in [1.165, 1.54) is 13.0 Å². The van der Waals surface area contributed by atoms with Crippen LogP contribution in [0, 0.1) is 0 Å². The number of carbonyl (C=O) groups is 4. The lowest BCUT2D eigenvalue weighted by Crippen LogP contribution is -2.31. The lowest BCUT2D eigenvalue weighted by molar-refractivity contribution is -0.188. The van der Waals surface area contributed by atoms with E-state index in [-0.39, 0.29) is 13.2 Å². The minimum atomic E-state index is -1.74. The molecule has 114 valence electrons. The Labute approximate surface area is 120 Å². The Balaban J connectivity index is 2.53. The summed E-state index contributed by atoms with van der Waals surface area (Å²) in [5, 5.41) is 0. The van der Waals surface area contributed by atoms with Gasteiger partial charge in [-0.2, -0.15) is 0 Å². The van der Waals surface area contributed by atoms with Crippen molar-refractivity contribution in [1.29, 1.82) is 0 Å². The van der Waals surface area contributed by atoms with Gasteiger partial charge in [0.1, 0.15) is 13.2 Å². The minimum absolute atomic E-state index is 0.0705. The number of esters is 4. The summed E-state index contributed by atoms with van der Waals surface area (Å²) in [7, 11) is 0. The van der Waals surface area contributed by atoms with Crippen molar-refractivity contribution in [2.75, 3.05) is 13.2 Å². The minimum Gasteiger partial charge on any atom is -0.462 e. The molecule has 0 fully saturated rings. The van der Waals surface area contributed by atoms with Crippen LogP contribution in [0.5, 0.6) is 0 Å². The van der Waals surface area contributed by atoms with Gasteiger partial charge in [0.15, 0.2) is 0 Å². The Hall–Kier alpha value is -2.64. The van der Waals surface area contributed by atoms with E-state index >= 15 is 0 Å². The topological polar surface area (TPSA) is 105 Å². The fraction of sp³-hybridized carbons (Fsp3) is 0.385. The maximum atomic E-state index is 11.4. The van der Waals surface area contributed by atoms with Gasteiger partial charge in [0.05, 0.1) is 0 Å². The molecule has 0 aromatic carbocycles. The van der Waals surface area contributed by atoms with E-state index in [4.69, 9.17) is 14.2 Å². The Morgan fingerprint density at radius 3 is 2.38 bits per heavy atom. The first kappa shape index (κ1) is 16.4. The van der Waals surface area contributed by atoms with E-state index in [2.05, 4.69) is 4.74 Å². The summed E-state index contributed by atoms with van der Waals surface area (Å²) >= 11 is 0. The Morgan fingerprint density at radius 1 is 1.19 bits per heavy atom. The Bertz CT molecular complexity index is 504. The molecule has 0 radical (unpaired) electrons. The molecule has 1 rings (SSSR count). The van der Waals surface area contributed by atoms with Gasteiger partial charge in [-0.25, -0.2) is 9.59 Å². The summed E-state index contributed by atoms with van der Waals surface area (Å²) in [6.07, 6.45) is 4.28. The highest BCUT2D eigenvalue weighted by Gasteiger charge is 2.36. The molecule has 1 aliphatic heterocycles. The van der Waals surface area contributed by atoms with Crippen LogP contribution >= 0.6 is 0 Å². The largest absolute Gasteiger partial charge is 0.462 e. The van der Waals surface area contributed by atoms with E-state index in [0.717, 1.165) is 25.2 Å². The van der Waals surface area contributed by atoms with Crippen LogP contribution in [0.2, 0.25) is 0 Å². The van der Waals surface area contributed by atoms with Gasteiger partial charge in [-0.1, -0.05) is 0 Å². The first-order valence-electron chi connectivity index (χ1n) is 5.94. The molecule has 0 spiro atoms. The molecule has 21 heavy (non-hydrogen) atoms. The summed E-state index contributed by atoms with van der Waals surface area (Å²) in [6, 6.07) is 0. The first-order chi connectivity index (χ1) is 9.83. The van der Waals surface area contributed by atoms with Crippen LogP contribution in [-0.4, -0.2) is 42.9 Å². The maximum Gasteiger partial charge on any atom is 0.334 e. The summed E-state index contributed by atoms with van der Waals surface area (Å²) in [5.74, 6) is -4.40. The predicted octanol–water partition coefficient (Wildman–Crippen LogP) is 0.0213. The van der Waals surface area contributed by atoms with Gasteiger partial charge >= 0.3 is 23.9 Å². The van der Waals surface area contributed by atoms with Crippen molar-refractivity contribution in [3.8, 4) is 0 Å². The van der Waals surface area contributed by atoms with Crippen LogP contribution in [0.4, 0.5) is 0 Å². The average Bonchev–Trinajstić information content (AvgIpc) is 2.73. The molecule has 0 aromatic rings. The quantitative estimate of drug-likeness (QED) is 0.292. The second kappa shape index (κ2) is 7.22. The van der Waals surface area contributed by atoms with Gasteiger partial charge < -0.3 is 18.9 Å². The van der Waals surface area contributed by atoms with Gasteiger partial charge in [0.25, 0.3) is 5.79 Å². The molecule has 0 bridgehead atoms. The molecule has 0 saturated carbocycles. The normalized spacial score (nSPS) is 20.2. The zero-order valence-corrected chi connectivity index (χ0v) is 11.5. The molecule has 0 aromatic heterocycles. The van der Waals surface area contributed by atoms with Crippen LogP contribution in [0.1, 0.15) is 13.8 Å². The lowest BCUT2D eigenvalue weighted by atomic mass is 10.2. The Morgan fingerprint density at radius 2 is 1.86 bits per heavy atom. The van der Waals surface area contributed by atoms with E-state index in [9.17, 15) is 19.2 Å². The van der Waals surface area contributed by atoms with Crippen molar-refractivity contribution in [1.82, 2.24) is 0 Å². The maximum absolute atomic E-state index is 11.4. The zero-order valence-electron chi connectivity index (χ0n) is 11.5. The highest BCUT2D eigenvalue weighted by atomic mass is 16.7. The fourth-order valence-electron chi connectivity index (χ4n) is 1.37. The molecule has 8 heteroatoms. The van der Waals surface area contributed by atoms with E-state index in [1.807, 2.05) is 0 Å².